The molecule has 1 aromatic heterocycles. The van der Waals surface area contributed by atoms with E-state index >= 15 is 0 Å². The van der Waals surface area contributed by atoms with E-state index in [9.17, 15) is 0 Å². The molecule has 21 heavy (non-hydrogen) atoms. The molecular weight excluding hydrogens is 377 g/mol. The van der Waals surface area contributed by atoms with Gasteiger partial charge in [-0.3, -0.25) is 0 Å². The molecule has 106 valence electrons. The molecule has 0 amide bonds. The Bertz CT molecular complexity index is 798. The Kier molecular flexibility index (Phi) is 3.84. The van der Waals surface area contributed by atoms with Gasteiger partial charge in [-0.1, -0.05) is 29.3 Å². The van der Waals surface area contributed by atoms with Crippen molar-refractivity contribution in [2.24, 2.45) is 0 Å². The third kappa shape index (κ3) is 2.62. The van der Waals surface area contributed by atoms with Crippen molar-refractivity contribution in [1.29, 1.82) is 0 Å². The predicted molar refractivity (Wildman–Crippen MR) is 86.7 cm³/mol. The zero-order valence-corrected chi connectivity index (χ0v) is 13.6. The summed E-state index contributed by atoms with van der Waals surface area (Å²) in [6, 6.07) is 10.6. The molecule has 0 spiro atoms. The van der Waals surface area contributed by atoms with Crippen molar-refractivity contribution in [2.45, 2.75) is 0 Å². The summed E-state index contributed by atoms with van der Waals surface area (Å²) in [6.07, 6.45) is 0. The summed E-state index contributed by atoms with van der Waals surface area (Å²) in [5, 5.41) is 12.8. The van der Waals surface area contributed by atoms with Crippen LogP contribution in [0.5, 0.6) is 0 Å². The fourth-order valence-corrected chi connectivity index (χ4v) is 2.78. The van der Waals surface area contributed by atoms with E-state index in [1.807, 2.05) is 6.07 Å². The first-order valence-electron chi connectivity index (χ1n) is 5.86. The van der Waals surface area contributed by atoms with Crippen LogP contribution in [-0.2, 0) is 0 Å². The number of nitrogens with zero attached hydrogens (tertiary/aromatic N) is 4. The Balaban J connectivity index is 2.25. The van der Waals surface area contributed by atoms with Gasteiger partial charge in [0.05, 0.1) is 16.3 Å². The van der Waals surface area contributed by atoms with E-state index < -0.39 is 0 Å². The van der Waals surface area contributed by atoms with Crippen LogP contribution in [0.15, 0.2) is 40.9 Å². The quantitative estimate of drug-likeness (QED) is 0.678. The number of aromatic nitrogens is 4. The Morgan fingerprint density at radius 1 is 1.14 bits per heavy atom. The van der Waals surface area contributed by atoms with Gasteiger partial charge in [0.2, 0.25) is 0 Å². The molecule has 0 atom stereocenters. The fraction of sp³-hybridized carbons (Fsp3) is 0. The Hall–Kier alpha value is -1.63. The van der Waals surface area contributed by atoms with Crippen molar-refractivity contribution >= 4 is 44.8 Å². The number of hydrogen-bond acceptors (Lipinski definition) is 4. The van der Waals surface area contributed by atoms with Crippen molar-refractivity contribution in [3.05, 3.63) is 50.9 Å². The first-order chi connectivity index (χ1) is 10.1. The lowest BCUT2D eigenvalue weighted by Crippen LogP contribution is -2.03. The van der Waals surface area contributed by atoms with Gasteiger partial charge in [-0.05, 0) is 56.7 Å². The number of rotatable bonds is 2. The topological polar surface area (TPSA) is 69.6 Å². The van der Waals surface area contributed by atoms with Crippen LogP contribution in [0.2, 0.25) is 10.0 Å². The molecule has 0 aliphatic carbocycles. The molecule has 1 heterocycles. The highest BCUT2D eigenvalue weighted by atomic mass is 79.9. The van der Waals surface area contributed by atoms with Gasteiger partial charge < -0.3 is 5.73 Å². The Labute approximate surface area is 138 Å². The lowest BCUT2D eigenvalue weighted by atomic mass is 10.1. The van der Waals surface area contributed by atoms with Crippen LogP contribution in [0.4, 0.5) is 5.69 Å². The molecule has 0 saturated heterocycles. The number of anilines is 1. The average Bonchev–Trinajstić information content (AvgIpc) is 2.90. The number of hydrogen-bond donors (Lipinski definition) is 1. The summed E-state index contributed by atoms with van der Waals surface area (Å²) in [6.45, 7) is 0. The maximum absolute atomic E-state index is 6.22. The van der Waals surface area contributed by atoms with Gasteiger partial charge in [0.1, 0.15) is 0 Å². The number of benzene rings is 2. The summed E-state index contributed by atoms with van der Waals surface area (Å²) in [5.74, 6) is 0.445. The highest BCUT2D eigenvalue weighted by Crippen LogP contribution is 2.34. The molecule has 2 N–H and O–H groups in total. The lowest BCUT2D eigenvalue weighted by molar-refractivity contribution is 0.789. The van der Waals surface area contributed by atoms with Crippen LogP contribution in [-0.4, -0.2) is 20.2 Å². The van der Waals surface area contributed by atoms with E-state index in [2.05, 4.69) is 31.5 Å². The average molecular weight is 385 g/mol. The molecular formula is C13H8BrCl2N5. The second-order valence-corrected chi connectivity index (χ2v) is 5.91. The van der Waals surface area contributed by atoms with Gasteiger partial charge in [0.15, 0.2) is 5.82 Å². The third-order valence-corrected chi connectivity index (χ3v) is 4.10. The molecule has 3 aromatic rings. The van der Waals surface area contributed by atoms with Gasteiger partial charge in [-0.25, -0.2) is 0 Å². The predicted octanol–water partition coefficient (Wildman–Crippen LogP) is 3.98. The van der Waals surface area contributed by atoms with Crippen LogP contribution in [0.25, 0.3) is 17.1 Å². The van der Waals surface area contributed by atoms with Crippen LogP contribution in [0.1, 0.15) is 0 Å². The van der Waals surface area contributed by atoms with Crippen molar-refractivity contribution in [3.63, 3.8) is 0 Å². The minimum Gasteiger partial charge on any atom is -0.398 e. The molecule has 0 aliphatic heterocycles. The van der Waals surface area contributed by atoms with Crippen LogP contribution < -0.4 is 5.73 Å². The van der Waals surface area contributed by atoms with E-state index in [-0.39, 0.29) is 0 Å². The summed E-state index contributed by atoms with van der Waals surface area (Å²) < 4.78 is 2.33. The normalized spacial score (nSPS) is 10.8. The number of tetrazole rings is 1. The van der Waals surface area contributed by atoms with Crippen molar-refractivity contribution in [3.8, 4) is 17.1 Å². The smallest absolute Gasteiger partial charge is 0.190 e. The Morgan fingerprint density at radius 3 is 2.71 bits per heavy atom. The van der Waals surface area contributed by atoms with Gasteiger partial charge in [0, 0.05) is 15.2 Å². The zero-order valence-electron chi connectivity index (χ0n) is 10.5. The van der Waals surface area contributed by atoms with E-state index in [0.717, 1.165) is 4.47 Å². The van der Waals surface area contributed by atoms with Crippen molar-refractivity contribution in [1.82, 2.24) is 20.2 Å². The molecule has 8 heteroatoms. The molecule has 5 nitrogen and oxygen atoms in total. The summed E-state index contributed by atoms with van der Waals surface area (Å²) in [7, 11) is 0. The van der Waals surface area contributed by atoms with Gasteiger partial charge in [0.25, 0.3) is 0 Å². The van der Waals surface area contributed by atoms with Gasteiger partial charge in [-0.15, -0.1) is 5.10 Å². The van der Waals surface area contributed by atoms with Crippen LogP contribution >= 0.6 is 39.1 Å². The zero-order chi connectivity index (χ0) is 15.0. The minimum atomic E-state index is 0.445. The van der Waals surface area contributed by atoms with Crippen molar-refractivity contribution < 1.29 is 0 Å². The first-order valence-corrected chi connectivity index (χ1v) is 7.41. The molecule has 2 aromatic carbocycles. The second-order valence-electron chi connectivity index (χ2n) is 4.21. The molecule has 0 unspecified atom stereocenters. The van der Waals surface area contributed by atoms with E-state index in [4.69, 9.17) is 28.9 Å². The van der Waals surface area contributed by atoms with Crippen LogP contribution in [0, 0.1) is 0 Å². The fourth-order valence-electron chi connectivity index (χ4n) is 1.93. The maximum Gasteiger partial charge on any atom is 0.190 e. The monoisotopic (exact) mass is 383 g/mol. The van der Waals surface area contributed by atoms with E-state index in [1.165, 1.54) is 4.68 Å². The van der Waals surface area contributed by atoms with Gasteiger partial charge >= 0.3 is 0 Å². The SMILES string of the molecule is Nc1cccc(Cl)c1-c1nnnn1-c1cc(Cl)ccc1Br. The summed E-state index contributed by atoms with van der Waals surface area (Å²) in [4.78, 5) is 0. The molecule has 0 fully saturated rings. The summed E-state index contributed by atoms with van der Waals surface area (Å²) >= 11 is 15.7. The van der Waals surface area contributed by atoms with E-state index in [1.54, 1.807) is 30.3 Å². The molecule has 3 rings (SSSR count). The maximum atomic E-state index is 6.22. The standard InChI is InChI=1S/C13H8BrCl2N5/c14-8-5-4-7(15)6-11(8)21-13(18-19-20-21)12-9(16)2-1-3-10(12)17/h1-6H,17H2. The highest BCUT2D eigenvalue weighted by molar-refractivity contribution is 9.10. The van der Waals surface area contributed by atoms with Crippen molar-refractivity contribution in [2.75, 3.05) is 5.73 Å². The number of halogens is 3. The summed E-state index contributed by atoms with van der Waals surface area (Å²) in [5.41, 5.74) is 7.77. The van der Waals surface area contributed by atoms with Gasteiger partial charge in [-0.2, -0.15) is 4.68 Å². The van der Waals surface area contributed by atoms with Crippen LogP contribution in [0.3, 0.4) is 0 Å². The lowest BCUT2D eigenvalue weighted by Gasteiger charge is -2.10. The third-order valence-electron chi connectivity index (χ3n) is 2.88. The second kappa shape index (κ2) is 5.63. The molecule has 0 aliphatic rings. The highest BCUT2D eigenvalue weighted by Gasteiger charge is 2.18. The van der Waals surface area contributed by atoms with E-state index in [0.29, 0.717) is 32.8 Å². The Morgan fingerprint density at radius 2 is 1.95 bits per heavy atom. The number of nitrogen functional groups attached to an aromatic ring is 1. The largest absolute Gasteiger partial charge is 0.398 e. The molecule has 0 bridgehead atoms. The molecule has 0 radical (unpaired) electrons. The first kappa shape index (κ1) is 14.3. The minimum absolute atomic E-state index is 0.445. The number of nitrogens with two attached hydrogens (primary N) is 1. The molecule has 0 saturated carbocycles.